The van der Waals surface area contributed by atoms with Gasteiger partial charge >= 0.3 is 0 Å². The summed E-state index contributed by atoms with van der Waals surface area (Å²) in [6.07, 6.45) is 1.72. The largest absolute Gasteiger partial charge is 0.404 e. The van der Waals surface area contributed by atoms with Gasteiger partial charge < -0.3 is 14.0 Å². The molecule has 1 fully saturated rings. The average molecular weight is 412 g/mol. The maximum absolute atomic E-state index is 6.99. The second-order valence-corrected chi connectivity index (χ2v) is 12.7. The van der Waals surface area contributed by atoms with Crippen LogP contribution < -0.4 is 10.4 Å². The fourth-order valence-corrected chi connectivity index (χ4v) is 8.65. The van der Waals surface area contributed by atoms with Crippen molar-refractivity contribution in [2.24, 2.45) is 5.16 Å². The summed E-state index contributed by atoms with van der Waals surface area (Å²) in [6, 6.07) is 21.4. The Morgan fingerprint density at radius 3 is 2.10 bits per heavy atom. The average Bonchev–Trinajstić information content (AvgIpc) is 2.74. The molecule has 4 nitrogen and oxygen atoms in total. The highest BCUT2D eigenvalue weighted by molar-refractivity contribution is 6.99. The van der Waals surface area contributed by atoms with Crippen LogP contribution in [0.2, 0.25) is 5.04 Å². The molecule has 1 aliphatic rings. The van der Waals surface area contributed by atoms with E-state index in [1.807, 2.05) is 6.92 Å². The Hall–Kier alpha value is -1.95. The van der Waals surface area contributed by atoms with E-state index in [9.17, 15) is 0 Å². The molecule has 0 bridgehead atoms. The van der Waals surface area contributed by atoms with Gasteiger partial charge in [-0.2, -0.15) is 0 Å². The van der Waals surface area contributed by atoms with Gasteiger partial charge in [-0.1, -0.05) is 86.6 Å². The van der Waals surface area contributed by atoms with Crippen molar-refractivity contribution in [3.05, 3.63) is 60.7 Å². The number of rotatable bonds is 7. The zero-order chi connectivity index (χ0) is 20.7. The van der Waals surface area contributed by atoms with Crippen LogP contribution in [0.3, 0.4) is 0 Å². The predicted octanol–water partition coefficient (Wildman–Crippen LogP) is 4.13. The quantitative estimate of drug-likeness (QED) is 0.508. The first-order valence-electron chi connectivity index (χ1n) is 10.5. The van der Waals surface area contributed by atoms with Crippen molar-refractivity contribution in [2.45, 2.75) is 51.7 Å². The van der Waals surface area contributed by atoms with E-state index in [0.29, 0.717) is 13.2 Å². The van der Waals surface area contributed by atoms with Gasteiger partial charge in [0.05, 0.1) is 12.3 Å². The first-order valence-corrected chi connectivity index (χ1v) is 12.4. The SMILES string of the molecule is CCON=C1CCCO[C@@H]1CO[Si](c1ccccc1)(c1ccccc1)C(C)(C)C. The minimum absolute atomic E-state index is 0.0540. The first-order chi connectivity index (χ1) is 14.0. The van der Waals surface area contributed by atoms with Gasteiger partial charge in [-0.05, 0) is 35.2 Å². The number of ether oxygens (including phenoxy) is 1. The lowest BCUT2D eigenvalue weighted by Gasteiger charge is -2.44. The summed E-state index contributed by atoms with van der Waals surface area (Å²) in [4.78, 5) is 5.34. The maximum Gasteiger partial charge on any atom is 0.261 e. The van der Waals surface area contributed by atoms with Crippen molar-refractivity contribution in [3.8, 4) is 0 Å². The Bertz CT molecular complexity index is 747. The lowest BCUT2D eigenvalue weighted by molar-refractivity contribution is 0.0401. The highest BCUT2D eigenvalue weighted by Gasteiger charge is 2.50. The van der Waals surface area contributed by atoms with E-state index in [1.165, 1.54) is 10.4 Å². The van der Waals surface area contributed by atoms with Gasteiger partial charge in [-0.15, -0.1) is 0 Å². The van der Waals surface area contributed by atoms with Gasteiger partial charge in [0.1, 0.15) is 12.7 Å². The summed E-state index contributed by atoms with van der Waals surface area (Å²) in [5.74, 6) is 0. The monoisotopic (exact) mass is 411 g/mol. The van der Waals surface area contributed by atoms with E-state index in [2.05, 4.69) is 86.6 Å². The molecular weight excluding hydrogens is 378 g/mol. The summed E-state index contributed by atoms with van der Waals surface area (Å²) in [7, 11) is -2.57. The molecule has 3 rings (SSSR count). The van der Waals surface area contributed by atoms with Crippen LogP contribution in [0.25, 0.3) is 0 Å². The smallest absolute Gasteiger partial charge is 0.261 e. The third kappa shape index (κ3) is 4.79. The van der Waals surface area contributed by atoms with Gasteiger partial charge in [0, 0.05) is 6.61 Å². The van der Waals surface area contributed by atoms with Gasteiger partial charge in [0.2, 0.25) is 0 Å². The normalized spacial score (nSPS) is 19.3. The molecule has 0 saturated carbocycles. The van der Waals surface area contributed by atoms with E-state index >= 15 is 0 Å². The van der Waals surface area contributed by atoms with E-state index < -0.39 is 8.32 Å². The van der Waals surface area contributed by atoms with Crippen molar-refractivity contribution in [3.63, 3.8) is 0 Å². The first kappa shape index (κ1) is 21.7. The molecule has 0 aliphatic carbocycles. The topological polar surface area (TPSA) is 40.0 Å². The molecule has 0 spiro atoms. The minimum Gasteiger partial charge on any atom is -0.404 e. The molecule has 156 valence electrons. The van der Waals surface area contributed by atoms with Crippen LogP contribution in [0.5, 0.6) is 0 Å². The Morgan fingerprint density at radius 1 is 1.00 bits per heavy atom. The van der Waals surface area contributed by atoms with Crippen LogP contribution in [0.15, 0.2) is 65.8 Å². The predicted molar refractivity (Wildman–Crippen MR) is 122 cm³/mol. The summed E-state index contributed by atoms with van der Waals surface area (Å²) in [6.45, 7) is 10.6. The second-order valence-electron chi connectivity index (χ2n) is 8.44. The summed E-state index contributed by atoms with van der Waals surface area (Å²) in [5, 5.41) is 6.82. The summed E-state index contributed by atoms with van der Waals surface area (Å²) >= 11 is 0. The van der Waals surface area contributed by atoms with E-state index in [-0.39, 0.29) is 11.1 Å². The molecule has 1 aliphatic heterocycles. The van der Waals surface area contributed by atoms with Gasteiger partial charge in [-0.3, -0.25) is 0 Å². The van der Waals surface area contributed by atoms with Gasteiger partial charge in [0.25, 0.3) is 8.32 Å². The molecule has 29 heavy (non-hydrogen) atoms. The minimum atomic E-state index is -2.57. The number of hydrogen-bond acceptors (Lipinski definition) is 4. The fraction of sp³-hybridized carbons (Fsp3) is 0.458. The molecule has 0 aromatic heterocycles. The molecule has 0 unspecified atom stereocenters. The highest BCUT2D eigenvalue weighted by Crippen LogP contribution is 2.37. The zero-order valence-corrected chi connectivity index (χ0v) is 19.1. The lowest BCUT2D eigenvalue weighted by atomic mass is 10.1. The van der Waals surface area contributed by atoms with E-state index in [1.54, 1.807) is 0 Å². The Balaban J connectivity index is 1.99. The van der Waals surface area contributed by atoms with Crippen LogP contribution in [-0.4, -0.2) is 40.0 Å². The van der Waals surface area contributed by atoms with Crippen LogP contribution in [0.1, 0.15) is 40.5 Å². The molecule has 1 saturated heterocycles. The number of nitrogens with zero attached hydrogens (tertiary/aromatic N) is 1. The standard InChI is InChI=1S/C24H33NO3Si/c1-5-27-25-22-17-12-18-26-23(22)19-28-29(24(2,3)4,20-13-8-6-9-14-20)21-15-10-7-11-16-21/h6-11,13-16,23H,5,12,17-19H2,1-4H3/t23-/m1/s1. The highest BCUT2D eigenvalue weighted by atomic mass is 28.4. The van der Waals surface area contributed by atoms with Crippen LogP contribution >= 0.6 is 0 Å². The van der Waals surface area contributed by atoms with Gasteiger partial charge in [-0.25, -0.2) is 0 Å². The van der Waals surface area contributed by atoms with E-state index in [4.69, 9.17) is 14.0 Å². The Labute approximate surface area is 176 Å². The molecule has 0 radical (unpaired) electrons. The third-order valence-electron chi connectivity index (χ3n) is 5.45. The van der Waals surface area contributed by atoms with Crippen molar-refractivity contribution in [1.29, 1.82) is 0 Å². The van der Waals surface area contributed by atoms with E-state index in [0.717, 1.165) is 25.2 Å². The van der Waals surface area contributed by atoms with Crippen molar-refractivity contribution in [2.75, 3.05) is 19.8 Å². The van der Waals surface area contributed by atoms with Crippen molar-refractivity contribution in [1.82, 2.24) is 0 Å². The van der Waals surface area contributed by atoms with Crippen LogP contribution in [0, 0.1) is 0 Å². The van der Waals surface area contributed by atoms with Crippen molar-refractivity contribution < 1.29 is 14.0 Å². The molecule has 0 N–H and O–H groups in total. The van der Waals surface area contributed by atoms with Crippen LogP contribution in [-0.2, 0) is 14.0 Å². The summed E-state index contributed by atoms with van der Waals surface area (Å²) < 4.78 is 13.0. The molecule has 0 amide bonds. The molecule has 2 aromatic rings. The maximum atomic E-state index is 6.99. The zero-order valence-electron chi connectivity index (χ0n) is 18.1. The number of benzene rings is 2. The van der Waals surface area contributed by atoms with Gasteiger partial charge in [0.15, 0.2) is 0 Å². The molecule has 5 heteroatoms. The van der Waals surface area contributed by atoms with Crippen LogP contribution in [0.4, 0.5) is 0 Å². The third-order valence-corrected chi connectivity index (χ3v) is 10.5. The fourth-order valence-electron chi connectivity index (χ4n) is 4.09. The molecular formula is C24H33NO3Si. The summed E-state index contributed by atoms with van der Waals surface area (Å²) in [5.41, 5.74) is 0.955. The molecule has 2 aromatic carbocycles. The number of hydrogen-bond donors (Lipinski definition) is 0. The van der Waals surface area contributed by atoms with Crippen molar-refractivity contribution >= 4 is 24.4 Å². The lowest BCUT2D eigenvalue weighted by Crippen LogP contribution is -2.67. The molecule has 1 atom stereocenters. The second kappa shape index (κ2) is 9.70. The molecule has 1 heterocycles. The number of oxime groups is 1. The Kier molecular flexibility index (Phi) is 7.27. The Morgan fingerprint density at radius 2 is 1.59 bits per heavy atom.